The third-order valence-corrected chi connectivity index (χ3v) is 5.65. The highest BCUT2D eigenvalue weighted by molar-refractivity contribution is 8.00. The van der Waals surface area contributed by atoms with E-state index in [1.54, 1.807) is 19.1 Å². The number of alkyl halides is 3. The zero-order valence-electron chi connectivity index (χ0n) is 14.7. The maximum atomic E-state index is 12.5. The minimum atomic E-state index is -4.33. The summed E-state index contributed by atoms with van der Waals surface area (Å²) in [7, 11) is 0. The summed E-state index contributed by atoms with van der Waals surface area (Å²) in [4.78, 5) is 12.5. The number of aryl methyl sites for hydroxylation is 1. The molecule has 1 fully saturated rings. The fraction of sp³-hybridized carbons (Fsp3) is 0.529. The Morgan fingerprint density at radius 1 is 1.48 bits per heavy atom. The molecule has 1 amide bonds. The predicted molar refractivity (Wildman–Crippen MR) is 101 cm³/mol. The third kappa shape index (κ3) is 5.08. The van der Waals surface area contributed by atoms with Gasteiger partial charge in [0.05, 0.1) is 5.52 Å². The number of hydrogen-bond donors (Lipinski definition) is 1. The SMILES string of the molecule is Cc1c(C(=O)N(Cl)CCSC(F)(F)F)ccc2nn(C[C@@H]3CCNC3)cc12. The van der Waals surface area contributed by atoms with Gasteiger partial charge in [-0.3, -0.25) is 9.48 Å². The van der Waals surface area contributed by atoms with Crippen LogP contribution in [-0.4, -0.2) is 51.0 Å². The van der Waals surface area contributed by atoms with E-state index in [2.05, 4.69) is 10.4 Å². The molecule has 1 atom stereocenters. The molecular formula is C17H20ClF3N4OS. The van der Waals surface area contributed by atoms with E-state index in [0.29, 0.717) is 11.5 Å². The van der Waals surface area contributed by atoms with Gasteiger partial charge in [0.2, 0.25) is 0 Å². The van der Waals surface area contributed by atoms with Crippen LogP contribution in [0.25, 0.3) is 10.9 Å². The first-order valence-corrected chi connectivity index (χ1v) is 9.93. The average molecular weight is 421 g/mol. The van der Waals surface area contributed by atoms with E-state index in [9.17, 15) is 18.0 Å². The summed E-state index contributed by atoms with van der Waals surface area (Å²) in [6.07, 6.45) is 3.02. The predicted octanol–water partition coefficient (Wildman–Crippen LogP) is 3.80. The first-order valence-electron chi connectivity index (χ1n) is 8.60. The van der Waals surface area contributed by atoms with Crippen molar-refractivity contribution in [1.29, 1.82) is 0 Å². The maximum Gasteiger partial charge on any atom is 0.441 e. The Bertz CT molecular complexity index is 820. The number of thioether (sulfide) groups is 1. The maximum absolute atomic E-state index is 12.5. The highest BCUT2D eigenvalue weighted by Crippen LogP contribution is 2.30. The molecule has 148 valence electrons. The quantitative estimate of drug-likeness (QED) is 0.722. The Hall–Kier alpha value is -1.45. The second-order valence-corrected chi connectivity index (χ2v) is 8.13. The summed E-state index contributed by atoms with van der Waals surface area (Å²) in [5.74, 6) is -0.287. The number of hydrogen-bond acceptors (Lipinski definition) is 4. The number of fused-ring (bicyclic) bond motifs is 1. The molecule has 0 spiro atoms. The van der Waals surface area contributed by atoms with Gasteiger partial charge in [-0.2, -0.15) is 18.3 Å². The zero-order chi connectivity index (χ0) is 19.6. The Morgan fingerprint density at radius 2 is 2.26 bits per heavy atom. The summed E-state index contributed by atoms with van der Waals surface area (Å²) >= 11 is 5.71. The number of nitrogens with zero attached hydrogens (tertiary/aromatic N) is 3. The average Bonchev–Trinajstić information content (AvgIpc) is 3.23. The smallest absolute Gasteiger partial charge is 0.316 e. The van der Waals surface area contributed by atoms with Crippen molar-refractivity contribution in [3.63, 3.8) is 0 Å². The molecule has 1 aromatic carbocycles. The van der Waals surface area contributed by atoms with Crippen molar-refractivity contribution in [1.82, 2.24) is 19.5 Å². The number of carbonyl (C=O) groups excluding carboxylic acids is 1. The fourth-order valence-corrected chi connectivity index (χ4v) is 4.00. The molecule has 1 saturated heterocycles. The van der Waals surface area contributed by atoms with E-state index in [1.807, 2.05) is 10.9 Å². The molecule has 0 bridgehead atoms. The standard InChI is InChI=1S/C17H20ClF3N4OS/c1-11-13(16(26)25(18)6-7-27-17(19,20)21)2-3-15-14(11)10-24(23-15)9-12-4-5-22-8-12/h2-3,10,12,22H,4-9H2,1H3/t12-/m1/s1. The zero-order valence-corrected chi connectivity index (χ0v) is 16.3. The molecule has 0 saturated carbocycles. The van der Waals surface area contributed by atoms with Crippen LogP contribution in [0.2, 0.25) is 0 Å². The van der Waals surface area contributed by atoms with E-state index in [1.165, 1.54) is 0 Å². The summed E-state index contributed by atoms with van der Waals surface area (Å²) in [5.41, 5.74) is -2.46. The van der Waals surface area contributed by atoms with Crippen LogP contribution in [0.5, 0.6) is 0 Å². The van der Waals surface area contributed by atoms with E-state index in [-0.39, 0.29) is 24.1 Å². The normalized spacial score (nSPS) is 17.6. The number of aromatic nitrogens is 2. The van der Waals surface area contributed by atoms with Gasteiger partial charge in [0.1, 0.15) is 0 Å². The van der Waals surface area contributed by atoms with Gasteiger partial charge in [0, 0.05) is 47.8 Å². The van der Waals surface area contributed by atoms with Crippen molar-refractivity contribution < 1.29 is 18.0 Å². The van der Waals surface area contributed by atoms with Crippen LogP contribution in [0.15, 0.2) is 18.3 Å². The van der Waals surface area contributed by atoms with E-state index >= 15 is 0 Å². The van der Waals surface area contributed by atoms with Gasteiger partial charge in [-0.1, -0.05) is 0 Å². The van der Waals surface area contributed by atoms with E-state index < -0.39 is 11.4 Å². The highest BCUT2D eigenvalue weighted by Gasteiger charge is 2.28. The number of amides is 1. The van der Waals surface area contributed by atoms with Crippen molar-refractivity contribution in [3.05, 3.63) is 29.5 Å². The van der Waals surface area contributed by atoms with E-state index in [0.717, 1.165) is 46.9 Å². The van der Waals surface area contributed by atoms with Crippen molar-refractivity contribution in [2.45, 2.75) is 25.4 Å². The highest BCUT2D eigenvalue weighted by atomic mass is 35.5. The van der Waals surface area contributed by atoms with Crippen molar-refractivity contribution in [3.8, 4) is 0 Å². The number of carbonyl (C=O) groups is 1. The lowest BCUT2D eigenvalue weighted by atomic mass is 10.0. The number of nitrogens with one attached hydrogen (secondary N) is 1. The minimum Gasteiger partial charge on any atom is -0.316 e. The lowest BCUT2D eigenvalue weighted by Gasteiger charge is -2.15. The molecule has 27 heavy (non-hydrogen) atoms. The second-order valence-electron chi connectivity index (χ2n) is 6.57. The third-order valence-electron chi connectivity index (χ3n) is 4.62. The van der Waals surface area contributed by atoms with Gasteiger partial charge in [0.25, 0.3) is 5.91 Å². The van der Waals surface area contributed by atoms with Gasteiger partial charge in [-0.15, -0.1) is 0 Å². The molecule has 1 aromatic heterocycles. The van der Waals surface area contributed by atoms with Gasteiger partial charge >= 0.3 is 5.51 Å². The first kappa shape index (κ1) is 20.3. The second kappa shape index (κ2) is 8.28. The van der Waals surface area contributed by atoms with Crippen LogP contribution in [0, 0.1) is 12.8 Å². The molecule has 2 heterocycles. The fourth-order valence-electron chi connectivity index (χ4n) is 3.21. The van der Waals surface area contributed by atoms with Crippen LogP contribution in [0.1, 0.15) is 22.3 Å². The van der Waals surface area contributed by atoms with Gasteiger partial charge < -0.3 is 5.32 Å². The lowest BCUT2D eigenvalue weighted by molar-refractivity contribution is -0.0328. The monoisotopic (exact) mass is 420 g/mol. The van der Waals surface area contributed by atoms with Gasteiger partial charge in [0.15, 0.2) is 0 Å². The molecule has 0 unspecified atom stereocenters. The molecule has 0 aliphatic carbocycles. The largest absolute Gasteiger partial charge is 0.441 e. The minimum absolute atomic E-state index is 0.197. The molecule has 3 rings (SSSR count). The molecule has 1 aliphatic rings. The van der Waals surface area contributed by atoms with Crippen LogP contribution in [-0.2, 0) is 6.54 Å². The summed E-state index contributed by atoms with van der Waals surface area (Å²) in [6.45, 7) is 4.39. The first-order chi connectivity index (χ1) is 12.7. The number of rotatable bonds is 6. The molecule has 0 radical (unpaired) electrons. The van der Waals surface area contributed by atoms with Gasteiger partial charge in [-0.05, 0) is 61.8 Å². The van der Waals surface area contributed by atoms with Crippen LogP contribution in [0.4, 0.5) is 13.2 Å². The van der Waals surface area contributed by atoms with E-state index in [4.69, 9.17) is 11.8 Å². The molecule has 10 heteroatoms. The summed E-state index contributed by atoms with van der Waals surface area (Å²) in [5, 5.41) is 8.73. The lowest BCUT2D eigenvalue weighted by Crippen LogP contribution is -2.25. The molecule has 5 nitrogen and oxygen atoms in total. The molecular weight excluding hydrogens is 401 g/mol. The Balaban J connectivity index is 1.72. The van der Waals surface area contributed by atoms with Gasteiger partial charge in [-0.25, -0.2) is 4.42 Å². The molecule has 2 aromatic rings. The molecule has 1 aliphatic heterocycles. The molecule has 1 N–H and O–H groups in total. The van der Waals surface area contributed by atoms with Crippen LogP contribution >= 0.6 is 23.5 Å². The topological polar surface area (TPSA) is 50.2 Å². The summed E-state index contributed by atoms with van der Waals surface area (Å²) in [6, 6.07) is 3.37. The van der Waals surface area contributed by atoms with Crippen LogP contribution in [0.3, 0.4) is 0 Å². The van der Waals surface area contributed by atoms with Crippen molar-refractivity contribution in [2.75, 3.05) is 25.4 Å². The Kier molecular flexibility index (Phi) is 6.22. The Morgan fingerprint density at radius 3 is 2.93 bits per heavy atom. The van der Waals surface area contributed by atoms with Crippen LogP contribution < -0.4 is 5.32 Å². The summed E-state index contributed by atoms with van der Waals surface area (Å²) < 4.78 is 39.4. The van der Waals surface area contributed by atoms with Crippen molar-refractivity contribution >= 4 is 40.3 Å². The number of benzene rings is 1. The Labute approximate surface area is 164 Å². The number of halogens is 4. The van der Waals surface area contributed by atoms with Crippen molar-refractivity contribution in [2.24, 2.45) is 5.92 Å².